The quantitative estimate of drug-likeness (QED) is 0.458. The van der Waals surface area contributed by atoms with Crippen LogP contribution in [-0.2, 0) is 11.3 Å². The standard InChI is InChI=1S/C26H26N2O6S/c1-14-25(35-15(2)27-14)23(29)21-22(17-7-9-18(32-3)10-8-17)28(26(31)24(21)30)13-16-6-11-19(33-4)20(12-16)34-5/h6-12,22,30H,13H2,1-5H3. The lowest BCUT2D eigenvalue weighted by molar-refractivity contribution is -0.130. The maximum atomic E-state index is 13.6. The Morgan fingerprint density at radius 2 is 1.71 bits per heavy atom. The molecule has 1 aliphatic rings. The zero-order valence-electron chi connectivity index (χ0n) is 20.1. The lowest BCUT2D eigenvalue weighted by Gasteiger charge is -2.27. The van der Waals surface area contributed by atoms with Crippen LogP contribution in [0.2, 0.25) is 0 Å². The number of aliphatic hydroxyl groups is 1. The van der Waals surface area contributed by atoms with Crippen LogP contribution in [0.15, 0.2) is 53.8 Å². The predicted molar refractivity (Wildman–Crippen MR) is 131 cm³/mol. The summed E-state index contributed by atoms with van der Waals surface area (Å²) < 4.78 is 16.0. The smallest absolute Gasteiger partial charge is 0.290 e. The van der Waals surface area contributed by atoms with Crippen molar-refractivity contribution in [2.45, 2.75) is 26.4 Å². The van der Waals surface area contributed by atoms with Crippen molar-refractivity contribution in [3.8, 4) is 17.2 Å². The van der Waals surface area contributed by atoms with Gasteiger partial charge in [0, 0.05) is 6.54 Å². The Bertz CT molecular complexity index is 1310. The summed E-state index contributed by atoms with van der Waals surface area (Å²) in [6.45, 7) is 3.69. The van der Waals surface area contributed by atoms with Crippen LogP contribution in [-0.4, -0.2) is 48.0 Å². The summed E-state index contributed by atoms with van der Waals surface area (Å²) in [4.78, 5) is 33.2. The largest absolute Gasteiger partial charge is 0.503 e. The van der Waals surface area contributed by atoms with Gasteiger partial charge in [0.25, 0.3) is 5.91 Å². The number of carbonyl (C=O) groups excluding carboxylic acids is 2. The summed E-state index contributed by atoms with van der Waals surface area (Å²) in [5.74, 6) is 0.129. The number of hydrogen-bond acceptors (Lipinski definition) is 8. The number of methoxy groups -OCH3 is 3. The summed E-state index contributed by atoms with van der Waals surface area (Å²) in [6, 6.07) is 11.6. The highest BCUT2D eigenvalue weighted by Gasteiger charge is 2.44. The van der Waals surface area contributed by atoms with Crippen LogP contribution in [0.5, 0.6) is 17.2 Å². The van der Waals surface area contributed by atoms with E-state index in [9.17, 15) is 14.7 Å². The summed E-state index contributed by atoms with van der Waals surface area (Å²) in [6.07, 6.45) is 0. The fourth-order valence-corrected chi connectivity index (χ4v) is 5.10. The highest BCUT2D eigenvalue weighted by Crippen LogP contribution is 2.42. The molecule has 8 nitrogen and oxygen atoms in total. The first kappa shape index (κ1) is 24.3. The molecule has 1 amide bonds. The molecule has 2 heterocycles. The van der Waals surface area contributed by atoms with Crippen LogP contribution in [0.25, 0.3) is 0 Å². The van der Waals surface area contributed by atoms with Crippen molar-refractivity contribution >= 4 is 23.0 Å². The molecule has 0 saturated carbocycles. The number of amides is 1. The van der Waals surface area contributed by atoms with Gasteiger partial charge in [-0.05, 0) is 49.2 Å². The number of carbonyl (C=O) groups is 2. The van der Waals surface area contributed by atoms with Crippen molar-refractivity contribution < 1.29 is 28.9 Å². The van der Waals surface area contributed by atoms with Gasteiger partial charge < -0.3 is 24.2 Å². The lowest BCUT2D eigenvalue weighted by atomic mass is 9.94. The van der Waals surface area contributed by atoms with E-state index in [1.54, 1.807) is 57.5 Å². The van der Waals surface area contributed by atoms with Gasteiger partial charge in [-0.2, -0.15) is 0 Å². The third-order valence-corrected chi connectivity index (χ3v) is 6.96. The molecule has 35 heavy (non-hydrogen) atoms. The van der Waals surface area contributed by atoms with Crippen molar-refractivity contribution in [1.29, 1.82) is 0 Å². The Morgan fingerprint density at radius 1 is 1.03 bits per heavy atom. The normalized spacial score (nSPS) is 15.5. The topological polar surface area (TPSA) is 98.2 Å². The van der Waals surface area contributed by atoms with E-state index in [-0.39, 0.29) is 12.1 Å². The first-order valence-electron chi connectivity index (χ1n) is 10.9. The second kappa shape index (κ2) is 9.79. The van der Waals surface area contributed by atoms with E-state index in [0.717, 1.165) is 10.6 Å². The summed E-state index contributed by atoms with van der Waals surface area (Å²) in [5, 5.41) is 11.7. The molecule has 1 aliphatic heterocycles. The van der Waals surface area contributed by atoms with Crippen LogP contribution >= 0.6 is 11.3 Å². The van der Waals surface area contributed by atoms with Crippen molar-refractivity contribution in [2.75, 3.05) is 21.3 Å². The van der Waals surface area contributed by atoms with Gasteiger partial charge in [0.15, 0.2) is 17.3 Å². The van der Waals surface area contributed by atoms with Gasteiger partial charge >= 0.3 is 0 Å². The van der Waals surface area contributed by atoms with Crippen molar-refractivity contribution in [1.82, 2.24) is 9.88 Å². The van der Waals surface area contributed by atoms with Gasteiger partial charge in [-0.1, -0.05) is 18.2 Å². The van der Waals surface area contributed by atoms with Crippen LogP contribution in [0.4, 0.5) is 0 Å². The van der Waals surface area contributed by atoms with Gasteiger partial charge in [-0.15, -0.1) is 11.3 Å². The van der Waals surface area contributed by atoms with Crippen LogP contribution in [0, 0.1) is 13.8 Å². The fourth-order valence-electron chi connectivity index (χ4n) is 4.22. The number of thiazole rings is 1. The highest BCUT2D eigenvalue weighted by molar-refractivity contribution is 7.14. The number of rotatable bonds is 8. The van der Waals surface area contributed by atoms with E-state index in [1.807, 2.05) is 13.0 Å². The average molecular weight is 495 g/mol. The number of ether oxygens (including phenoxy) is 3. The number of Topliss-reactive ketones (excluding diaryl/α,β-unsaturated/α-hetero) is 1. The Balaban J connectivity index is 1.79. The van der Waals surface area contributed by atoms with Crippen LogP contribution < -0.4 is 14.2 Å². The molecule has 0 aliphatic carbocycles. The lowest BCUT2D eigenvalue weighted by Crippen LogP contribution is -2.30. The maximum Gasteiger partial charge on any atom is 0.290 e. The molecular weight excluding hydrogens is 468 g/mol. The van der Waals surface area contributed by atoms with Gasteiger partial charge in [0.05, 0.1) is 48.5 Å². The second-order valence-electron chi connectivity index (χ2n) is 8.04. The Kier molecular flexibility index (Phi) is 6.79. The number of aliphatic hydroxyl groups excluding tert-OH is 1. The molecule has 0 radical (unpaired) electrons. The molecule has 1 atom stereocenters. The SMILES string of the molecule is COc1ccc(C2C(C(=O)c3sc(C)nc3C)=C(O)C(=O)N2Cc2ccc(OC)c(OC)c2)cc1. The number of benzene rings is 2. The minimum Gasteiger partial charge on any atom is -0.503 e. The van der Waals surface area contributed by atoms with Gasteiger partial charge in [-0.3, -0.25) is 9.59 Å². The third-order valence-electron chi connectivity index (χ3n) is 5.89. The first-order chi connectivity index (χ1) is 16.8. The zero-order valence-corrected chi connectivity index (χ0v) is 20.9. The molecule has 1 unspecified atom stereocenters. The van der Waals surface area contributed by atoms with E-state index in [0.29, 0.717) is 33.4 Å². The minimum atomic E-state index is -0.796. The van der Waals surface area contributed by atoms with Crippen molar-refractivity contribution in [2.24, 2.45) is 0 Å². The number of hydrogen-bond donors (Lipinski definition) is 1. The monoisotopic (exact) mass is 494 g/mol. The van der Waals surface area contributed by atoms with Gasteiger partial charge in [0.2, 0.25) is 5.78 Å². The van der Waals surface area contributed by atoms with Gasteiger partial charge in [-0.25, -0.2) is 4.98 Å². The number of aromatic nitrogens is 1. The second-order valence-corrected chi connectivity index (χ2v) is 9.24. The van der Waals surface area contributed by atoms with Crippen LogP contribution in [0.3, 0.4) is 0 Å². The zero-order chi connectivity index (χ0) is 25.3. The summed E-state index contributed by atoms with van der Waals surface area (Å²) in [7, 11) is 4.64. The number of ketones is 1. The maximum absolute atomic E-state index is 13.6. The van der Waals surface area contributed by atoms with Gasteiger partial charge in [0.1, 0.15) is 5.75 Å². The molecule has 0 spiro atoms. The Morgan fingerprint density at radius 3 is 2.29 bits per heavy atom. The van der Waals surface area contributed by atoms with E-state index < -0.39 is 23.5 Å². The van der Waals surface area contributed by atoms with E-state index >= 15 is 0 Å². The molecular formula is C26H26N2O6S. The number of nitrogens with zero attached hydrogens (tertiary/aromatic N) is 2. The van der Waals surface area contributed by atoms with Crippen molar-refractivity contribution in [3.63, 3.8) is 0 Å². The van der Waals surface area contributed by atoms with Crippen LogP contribution in [0.1, 0.15) is 37.5 Å². The summed E-state index contributed by atoms with van der Waals surface area (Å²) >= 11 is 1.24. The number of aryl methyl sites for hydroxylation is 2. The third kappa shape index (κ3) is 4.46. The molecule has 0 fully saturated rings. The molecule has 2 aromatic carbocycles. The molecule has 182 valence electrons. The highest BCUT2D eigenvalue weighted by atomic mass is 32.1. The molecule has 1 N–H and O–H groups in total. The van der Waals surface area contributed by atoms with Crippen molar-refractivity contribution in [3.05, 3.63) is 80.5 Å². The Labute approximate surface area is 207 Å². The van der Waals surface area contributed by atoms with E-state index in [1.165, 1.54) is 23.3 Å². The fraction of sp³-hybridized carbons (Fsp3) is 0.269. The molecule has 3 aromatic rings. The molecule has 0 bridgehead atoms. The first-order valence-corrected chi connectivity index (χ1v) is 11.7. The Hall–Kier alpha value is -3.85. The molecule has 1 aromatic heterocycles. The summed E-state index contributed by atoms with van der Waals surface area (Å²) in [5.41, 5.74) is 2.02. The minimum absolute atomic E-state index is 0.0346. The van der Waals surface area contributed by atoms with E-state index in [2.05, 4.69) is 4.98 Å². The van der Waals surface area contributed by atoms with E-state index in [4.69, 9.17) is 14.2 Å². The molecule has 9 heteroatoms. The molecule has 4 rings (SSSR count). The molecule has 0 saturated heterocycles. The average Bonchev–Trinajstić information content (AvgIpc) is 3.33. The predicted octanol–water partition coefficient (Wildman–Crippen LogP) is 4.56.